The van der Waals surface area contributed by atoms with E-state index in [0.717, 1.165) is 24.0 Å². The van der Waals surface area contributed by atoms with Crippen molar-refractivity contribution in [1.82, 2.24) is 20.3 Å². The van der Waals surface area contributed by atoms with E-state index in [0.29, 0.717) is 61.3 Å². The van der Waals surface area contributed by atoms with Crippen LogP contribution in [0.4, 0.5) is 5.69 Å². The fraction of sp³-hybridized carbons (Fsp3) is 0.486. The van der Waals surface area contributed by atoms with Crippen LogP contribution in [0.2, 0.25) is 0 Å². The maximum atomic E-state index is 13.7. The molecule has 0 saturated heterocycles. The van der Waals surface area contributed by atoms with E-state index in [1.54, 1.807) is 9.58 Å². The lowest BCUT2D eigenvalue weighted by Gasteiger charge is -2.28. The van der Waals surface area contributed by atoms with Gasteiger partial charge in [-0.3, -0.25) is 19.2 Å². The Hall–Kier alpha value is -4.38. The first-order valence-corrected chi connectivity index (χ1v) is 16.1. The molecule has 11 nitrogen and oxygen atoms in total. The van der Waals surface area contributed by atoms with Crippen molar-refractivity contribution in [2.45, 2.75) is 72.9 Å². The van der Waals surface area contributed by atoms with E-state index in [4.69, 9.17) is 9.47 Å². The number of rotatable bonds is 16. The summed E-state index contributed by atoms with van der Waals surface area (Å²) in [6.07, 6.45) is 2.16. The van der Waals surface area contributed by atoms with Crippen molar-refractivity contribution in [2.75, 3.05) is 31.3 Å². The van der Waals surface area contributed by atoms with Gasteiger partial charge < -0.3 is 19.7 Å². The van der Waals surface area contributed by atoms with E-state index >= 15 is 0 Å². The van der Waals surface area contributed by atoms with Crippen LogP contribution in [0.5, 0.6) is 0 Å². The lowest BCUT2D eigenvalue weighted by atomic mass is 9.95. The Bertz CT molecular complexity index is 1510. The molecule has 0 spiro atoms. The van der Waals surface area contributed by atoms with Gasteiger partial charge in [0.05, 0.1) is 37.7 Å². The van der Waals surface area contributed by atoms with E-state index in [1.807, 2.05) is 62.4 Å². The first kappa shape index (κ1) is 34.5. The molecule has 246 valence electrons. The van der Waals surface area contributed by atoms with Crippen molar-refractivity contribution in [3.05, 3.63) is 54.1 Å². The number of hydrogen-bond acceptors (Lipinski definition) is 8. The zero-order valence-electron chi connectivity index (χ0n) is 27.3. The minimum absolute atomic E-state index is 0.00821. The number of Topliss-reactive ketones (excluding diaryl/α,β-unsaturated/α-hetero) is 1. The Balaban J connectivity index is 1.45. The number of nitrogens with one attached hydrogen (secondary N) is 1. The molecule has 0 bridgehead atoms. The minimum Gasteiger partial charge on any atom is -0.464 e. The SMILES string of the molecule is CC(C)CCCOC(=O)Cn1nnc2c1-c1ccccc1CN(C(=O)CCC(=O)NCCOCCC(=O)C(C)C)c1ccccc1-2. The second-order valence-electron chi connectivity index (χ2n) is 12.2. The molecule has 0 radical (unpaired) electrons. The first-order chi connectivity index (χ1) is 22.2. The number of carbonyl (C=O) groups excluding carboxylic acids is 4. The van der Waals surface area contributed by atoms with Gasteiger partial charge in [-0.25, -0.2) is 4.68 Å². The zero-order valence-corrected chi connectivity index (χ0v) is 27.3. The maximum Gasteiger partial charge on any atom is 0.327 e. The summed E-state index contributed by atoms with van der Waals surface area (Å²) in [5.41, 5.74) is 4.27. The molecule has 0 fully saturated rings. The second kappa shape index (κ2) is 16.8. The molecule has 1 aromatic heterocycles. The van der Waals surface area contributed by atoms with Gasteiger partial charge in [0.25, 0.3) is 0 Å². The zero-order chi connectivity index (χ0) is 33.1. The summed E-state index contributed by atoms with van der Waals surface area (Å²) in [6.45, 7) is 9.43. The van der Waals surface area contributed by atoms with Crippen LogP contribution < -0.4 is 10.2 Å². The lowest BCUT2D eigenvalue weighted by molar-refractivity contribution is -0.144. The van der Waals surface area contributed by atoms with Gasteiger partial charge in [-0.2, -0.15) is 0 Å². The van der Waals surface area contributed by atoms with E-state index in [-0.39, 0.29) is 55.4 Å². The molecule has 4 rings (SSSR count). The van der Waals surface area contributed by atoms with Crippen LogP contribution in [-0.2, 0) is 41.7 Å². The highest BCUT2D eigenvalue weighted by Gasteiger charge is 2.29. The summed E-state index contributed by atoms with van der Waals surface area (Å²) < 4.78 is 12.5. The fourth-order valence-corrected chi connectivity index (χ4v) is 5.26. The van der Waals surface area contributed by atoms with Crippen LogP contribution in [0.3, 0.4) is 0 Å². The molecule has 46 heavy (non-hydrogen) atoms. The average molecular weight is 632 g/mol. The topological polar surface area (TPSA) is 133 Å². The fourth-order valence-electron chi connectivity index (χ4n) is 5.26. The smallest absolute Gasteiger partial charge is 0.327 e. The molecular weight excluding hydrogens is 586 g/mol. The third-order valence-electron chi connectivity index (χ3n) is 7.83. The second-order valence-corrected chi connectivity index (χ2v) is 12.2. The van der Waals surface area contributed by atoms with Crippen molar-refractivity contribution in [1.29, 1.82) is 0 Å². The molecule has 11 heteroatoms. The van der Waals surface area contributed by atoms with Crippen LogP contribution >= 0.6 is 0 Å². The number of benzene rings is 2. The summed E-state index contributed by atoms with van der Waals surface area (Å²) in [5, 5.41) is 11.6. The number of esters is 1. The monoisotopic (exact) mass is 631 g/mol. The normalized spacial score (nSPS) is 12.2. The Morgan fingerprint density at radius 3 is 2.39 bits per heavy atom. The third kappa shape index (κ3) is 9.32. The van der Waals surface area contributed by atoms with Gasteiger partial charge >= 0.3 is 5.97 Å². The number of amides is 2. The highest BCUT2D eigenvalue weighted by atomic mass is 16.5. The van der Waals surface area contributed by atoms with Crippen molar-refractivity contribution in [3.63, 3.8) is 0 Å². The maximum absolute atomic E-state index is 13.7. The quantitative estimate of drug-likeness (QED) is 0.173. The number of aromatic nitrogens is 3. The number of ether oxygens (including phenoxy) is 2. The van der Waals surface area contributed by atoms with Crippen LogP contribution in [-0.4, -0.2) is 64.9 Å². The molecule has 1 N–H and O–H groups in total. The third-order valence-corrected chi connectivity index (χ3v) is 7.83. The van der Waals surface area contributed by atoms with Crippen molar-refractivity contribution in [2.24, 2.45) is 11.8 Å². The molecule has 2 aromatic carbocycles. The molecule has 0 saturated carbocycles. The van der Waals surface area contributed by atoms with E-state index in [1.165, 1.54) is 0 Å². The van der Waals surface area contributed by atoms with Gasteiger partial charge in [0.1, 0.15) is 18.0 Å². The number of nitrogens with zero attached hydrogens (tertiary/aromatic N) is 4. The van der Waals surface area contributed by atoms with E-state index < -0.39 is 0 Å². The highest BCUT2D eigenvalue weighted by Crippen LogP contribution is 2.41. The predicted octanol–water partition coefficient (Wildman–Crippen LogP) is 4.97. The summed E-state index contributed by atoms with van der Waals surface area (Å²) in [4.78, 5) is 52.4. The number of fused-ring (bicyclic) bond motifs is 5. The molecule has 1 aliphatic heterocycles. The molecule has 2 amide bonds. The van der Waals surface area contributed by atoms with Crippen LogP contribution in [0.1, 0.15) is 65.4 Å². The largest absolute Gasteiger partial charge is 0.464 e. The molecule has 1 aliphatic rings. The average Bonchev–Trinajstić information content (AvgIpc) is 3.43. The molecule has 3 aromatic rings. The number of para-hydroxylation sites is 1. The number of carbonyl (C=O) groups is 4. The number of ketones is 1. The Morgan fingerprint density at radius 2 is 1.63 bits per heavy atom. The van der Waals surface area contributed by atoms with E-state index in [2.05, 4.69) is 29.5 Å². The van der Waals surface area contributed by atoms with E-state index in [9.17, 15) is 19.2 Å². The van der Waals surface area contributed by atoms with Gasteiger partial charge in [0.2, 0.25) is 11.8 Å². The summed E-state index contributed by atoms with van der Waals surface area (Å²) in [7, 11) is 0. The standard InChI is InChI=1S/C35H45N5O6/c1-24(2)10-9-19-46-33(44)23-40-35-27-12-6-5-11-26(27)22-39(29-14-8-7-13-28(29)34(35)37-38-40)32(43)16-15-31(42)36-18-21-45-20-17-30(41)25(3)4/h5-8,11-14,24-25H,9-10,15-23H2,1-4H3,(H,36,42). The van der Waals surface area contributed by atoms with Crippen molar-refractivity contribution in [3.8, 4) is 22.5 Å². The minimum atomic E-state index is -0.382. The number of anilines is 1. The van der Waals surface area contributed by atoms with Crippen molar-refractivity contribution < 1.29 is 28.7 Å². The molecule has 0 unspecified atom stereocenters. The summed E-state index contributed by atoms with van der Waals surface area (Å²) in [5.74, 6) is -0.181. The summed E-state index contributed by atoms with van der Waals surface area (Å²) in [6, 6.07) is 15.1. The molecule has 0 aliphatic carbocycles. The predicted molar refractivity (Wildman–Crippen MR) is 175 cm³/mol. The van der Waals surface area contributed by atoms with Crippen LogP contribution in [0.25, 0.3) is 22.5 Å². The highest BCUT2D eigenvalue weighted by molar-refractivity contribution is 6.01. The van der Waals surface area contributed by atoms with Gasteiger partial charge in [-0.1, -0.05) is 75.4 Å². The molecule has 2 heterocycles. The van der Waals surface area contributed by atoms with Gasteiger partial charge in [-0.05, 0) is 30.4 Å². The van der Waals surface area contributed by atoms with Crippen molar-refractivity contribution >= 4 is 29.3 Å². The molecular formula is C35H45N5O6. The van der Waals surface area contributed by atoms with Gasteiger partial charge in [-0.15, -0.1) is 5.10 Å². The Kier molecular flexibility index (Phi) is 12.6. The van der Waals surface area contributed by atoms with Gasteiger partial charge in [0, 0.05) is 42.9 Å². The van der Waals surface area contributed by atoms with Crippen LogP contribution in [0, 0.1) is 11.8 Å². The summed E-state index contributed by atoms with van der Waals surface area (Å²) >= 11 is 0. The van der Waals surface area contributed by atoms with Gasteiger partial charge in [0.15, 0.2) is 0 Å². The number of hydrogen-bond donors (Lipinski definition) is 1. The Morgan fingerprint density at radius 1 is 0.891 bits per heavy atom. The Labute approximate surface area is 270 Å². The molecule has 0 atom stereocenters. The van der Waals surface area contributed by atoms with Crippen LogP contribution in [0.15, 0.2) is 48.5 Å². The first-order valence-electron chi connectivity index (χ1n) is 16.1. The lowest BCUT2D eigenvalue weighted by Crippen LogP contribution is -2.34.